The van der Waals surface area contributed by atoms with Gasteiger partial charge in [0.25, 0.3) is 5.91 Å². The van der Waals surface area contributed by atoms with Gasteiger partial charge >= 0.3 is 0 Å². The molecule has 0 saturated heterocycles. The maximum atomic E-state index is 12.9. The van der Waals surface area contributed by atoms with Crippen molar-refractivity contribution in [1.82, 2.24) is 0 Å². The molecular weight excluding hydrogens is 358 g/mol. The van der Waals surface area contributed by atoms with Crippen molar-refractivity contribution in [3.05, 3.63) is 78.3 Å². The van der Waals surface area contributed by atoms with E-state index in [1.54, 1.807) is 35.4 Å². The van der Waals surface area contributed by atoms with Crippen LogP contribution in [0.25, 0.3) is 0 Å². The number of anilines is 1. The predicted octanol–water partition coefficient (Wildman–Crippen LogP) is 4.10. The van der Waals surface area contributed by atoms with Crippen molar-refractivity contribution in [2.75, 3.05) is 18.6 Å². The maximum absolute atomic E-state index is 12.9. The Morgan fingerprint density at radius 3 is 2.43 bits per heavy atom. The van der Waals surface area contributed by atoms with Gasteiger partial charge in [-0.1, -0.05) is 18.2 Å². The maximum Gasteiger partial charge on any atom is 0.265 e. The molecule has 1 heterocycles. The summed E-state index contributed by atoms with van der Waals surface area (Å²) in [6.07, 6.45) is 1.57. The van der Waals surface area contributed by atoms with Crippen LogP contribution in [0.1, 0.15) is 23.0 Å². The molecule has 6 heteroatoms. The molecule has 0 fully saturated rings. The van der Waals surface area contributed by atoms with E-state index in [9.17, 15) is 9.59 Å². The number of nitrogens with zero attached hydrogens (tertiary/aromatic N) is 1. The van der Waals surface area contributed by atoms with Crippen LogP contribution in [0.5, 0.6) is 11.5 Å². The summed E-state index contributed by atoms with van der Waals surface area (Å²) in [6, 6.07) is 17.8. The van der Waals surface area contributed by atoms with E-state index in [-0.39, 0.29) is 18.3 Å². The Kier molecular flexibility index (Phi) is 6.11. The number of furan rings is 1. The highest BCUT2D eigenvalue weighted by Gasteiger charge is 2.19. The molecular formula is C22H21NO5. The molecule has 6 nitrogen and oxygen atoms in total. The highest BCUT2D eigenvalue weighted by Crippen LogP contribution is 2.28. The fourth-order valence-corrected chi connectivity index (χ4v) is 2.71. The zero-order valence-corrected chi connectivity index (χ0v) is 15.8. The SMILES string of the molecule is COc1cc(C(C)=O)ccc1OCC(=O)N(Cc1ccco1)c1ccccc1. The monoisotopic (exact) mass is 379 g/mol. The van der Waals surface area contributed by atoms with Crippen LogP contribution < -0.4 is 14.4 Å². The number of ketones is 1. The normalized spacial score (nSPS) is 10.4. The molecule has 0 saturated carbocycles. The number of amides is 1. The third-order valence-electron chi connectivity index (χ3n) is 4.18. The number of carbonyl (C=O) groups is 2. The molecule has 144 valence electrons. The Morgan fingerprint density at radius 2 is 1.79 bits per heavy atom. The second-order valence-electron chi connectivity index (χ2n) is 6.11. The second kappa shape index (κ2) is 8.90. The van der Waals surface area contributed by atoms with E-state index in [1.165, 1.54) is 14.0 Å². The Labute approximate surface area is 163 Å². The lowest BCUT2D eigenvalue weighted by Gasteiger charge is -2.22. The van der Waals surface area contributed by atoms with Crippen molar-refractivity contribution >= 4 is 17.4 Å². The van der Waals surface area contributed by atoms with Gasteiger partial charge in [0.05, 0.1) is 19.9 Å². The quantitative estimate of drug-likeness (QED) is 0.551. The zero-order chi connectivity index (χ0) is 19.9. The van der Waals surface area contributed by atoms with Crippen LogP contribution in [0, 0.1) is 0 Å². The van der Waals surface area contributed by atoms with E-state index in [0.717, 1.165) is 5.69 Å². The number of hydrogen-bond donors (Lipinski definition) is 0. The van der Waals surface area contributed by atoms with Crippen molar-refractivity contribution in [3.8, 4) is 11.5 Å². The van der Waals surface area contributed by atoms with E-state index in [0.29, 0.717) is 29.4 Å². The lowest BCUT2D eigenvalue weighted by molar-refractivity contribution is -0.120. The average Bonchev–Trinajstić information content (AvgIpc) is 3.24. The second-order valence-corrected chi connectivity index (χ2v) is 6.11. The third-order valence-corrected chi connectivity index (χ3v) is 4.18. The molecule has 1 aromatic heterocycles. The molecule has 28 heavy (non-hydrogen) atoms. The molecule has 0 unspecified atom stereocenters. The fourth-order valence-electron chi connectivity index (χ4n) is 2.71. The van der Waals surface area contributed by atoms with E-state index >= 15 is 0 Å². The highest BCUT2D eigenvalue weighted by atomic mass is 16.5. The minimum Gasteiger partial charge on any atom is -0.493 e. The number of methoxy groups -OCH3 is 1. The lowest BCUT2D eigenvalue weighted by atomic mass is 10.1. The van der Waals surface area contributed by atoms with Crippen LogP contribution in [0.2, 0.25) is 0 Å². The van der Waals surface area contributed by atoms with Crippen LogP contribution in [-0.4, -0.2) is 25.4 Å². The van der Waals surface area contributed by atoms with Gasteiger partial charge in [-0.3, -0.25) is 9.59 Å². The van der Waals surface area contributed by atoms with E-state index in [1.807, 2.05) is 36.4 Å². The van der Waals surface area contributed by atoms with Gasteiger partial charge in [0.15, 0.2) is 23.9 Å². The third kappa shape index (κ3) is 4.59. The molecule has 0 spiro atoms. The first-order valence-electron chi connectivity index (χ1n) is 8.78. The Bertz CT molecular complexity index is 935. The van der Waals surface area contributed by atoms with Gasteiger partial charge < -0.3 is 18.8 Å². The molecule has 1 amide bonds. The standard InChI is InChI=1S/C22H21NO5/c1-16(24)17-10-11-20(21(13-17)26-2)28-15-22(25)23(14-19-9-6-12-27-19)18-7-4-3-5-8-18/h3-13H,14-15H2,1-2H3. The van der Waals surface area contributed by atoms with Crippen LogP contribution >= 0.6 is 0 Å². The molecule has 3 rings (SSSR count). The first kappa shape index (κ1) is 19.2. The average molecular weight is 379 g/mol. The summed E-state index contributed by atoms with van der Waals surface area (Å²) in [5.74, 6) is 1.15. The summed E-state index contributed by atoms with van der Waals surface area (Å²) < 4.78 is 16.4. The molecule has 3 aromatic rings. The van der Waals surface area contributed by atoms with Crippen LogP contribution in [0.15, 0.2) is 71.3 Å². The van der Waals surface area contributed by atoms with Crippen LogP contribution in [-0.2, 0) is 11.3 Å². The van der Waals surface area contributed by atoms with E-state index in [4.69, 9.17) is 13.9 Å². The van der Waals surface area contributed by atoms with Crippen molar-refractivity contribution in [2.45, 2.75) is 13.5 Å². The van der Waals surface area contributed by atoms with Gasteiger partial charge in [0.2, 0.25) is 0 Å². The van der Waals surface area contributed by atoms with Gasteiger partial charge in [-0.2, -0.15) is 0 Å². The number of Topliss-reactive ketones (excluding diaryl/α,β-unsaturated/α-hetero) is 1. The van der Waals surface area contributed by atoms with Gasteiger partial charge in [0.1, 0.15) is 5.76 Å². The van der Waals surface area contributed by atoms with Crippen molar-refractivity contribution in [2.24, 2.45) is 0 Å². The number of para-hydroxylation sites is 1. The molecule has 0 N–H and O–H groups in total. The molecule has 2 aromatic carbocycles. The summed E-state index contributed by atoms with van der Waals surface area (Å²) in [4.78, 5) is 26.0. The van der Waals surface area contributed by atoms with Crippen LogP contribution in [0.4, 0.5) is 5.69 Å². The van der Waals surface area contributed by atoms with Gasteiger partial charge in [-0.15, -0.1) is 0 Å². The molecule has 0 aliphatic carbocycles. The summed E-state index contributed by atoms with van der Waals surface area (Å²) in [7, 11) is 1.49. The fraction of sp³-hybridized carbons (Fsp3) is 0.182. The summed E-state index contributed by atoms with van der Waals surface area (Å²) >= 11 is 0. The smallest absolute Gasteiger partial charge is 0.265 e. The van der Waals surface area contributed by atoms with Crippen LogP contribution in [0.3, 0.4) is 0 Å². The van der Waals surface area contributed by atoms with E-state index < -0.39 is 0 Å². The molecule has 0 aliphatic rings. The number of carbonyl (C=O) groups excluding carboxylic acids is 2. The summed E-state index contributed by atoms with van der Waals surface area (Å²) in [5.41, 5.74) is 1.26. The molecule has 0 radical (unpaired) electrons. The first-order chi connectivity index (χ1) is 13.6. The Balaban J connectivity index is 1.76. The lowest BCUT2D eigenvalue weighted by Crippen LogP contribution is -2.34. The highest BCUT2D eigenvalue weighted by molar-refractivity contribution is 5.95. The Hall–Kier alpha value is -3.54. The van der Waals surface area contributed by atoms with Crippen molar-refractivity contribution in [1.29, 1.82) is 0 Å². The van der Waals surface area contributed by atoms with Crippen molar-refractivity contribution < 1.29 is 23.5 Å². The van der Waals surface area contributed by atoms with Gasteiger partial charge in [-0.25, -0.2) is 0 Å². The number of benzene rings is 2. The number of ether oxygens (including phenoxy) is 2. The molecule has 0 atom stereocenters. The van der Waals surface area contributed by atoms with E-state index in [2.05, 4.69) is 0 Å². The summed E-state index contributed by atoms with van der Waals surface area (Å²) in [5, 5.41) is 0. The topological polar surface area (TPSA) is 69.0 Å². The molecule has 0 aliphatic heterocycles. The van der Waals surface area contributed by atoms with Gasteiger partial charge in [0, 0.05) is 11.3 Å². The number of hydrogen-bond acceptors (Lipinski definition) is 5. The van der Waals surface area contributed by atoms with Gasteiger partial charge in [-0.05, 0) is 49.4 Å². The first-order valence-corrected chi connectivity index (χ1v) is 8.78. The largest absolute Gasteiger partial charge is 0.493 e. The summed E-state index contributed by atoms with van der Waals surface area (Å²) in [6.45, 7) is 1.58. The zero-order valence-electron chi connectivity index (χ0n) is 15.8. The Morgan fingerprint density at radius 1 is 1.00 bits per heavy atom. The molecule has 0 bridgehead atoms. The predicted molar refractivity (Wildman–Crippen MR) is 105 cm³/mol. The van der Waals surface area contributed by atoms with Crippen molar-refractivity contribution in [3.63, 3.8) is 0 Å². The minimum atomic E-state index is -0.236. The number of rotatable bonds is 8. The minimum absolute atomic E-state index is 0.0744.